The van der Waals surface area contributed by atoms with Crippen molar-refractivity contribution < 1.29 is 0 Å². The quantitative estimate of drug-likeness (QED) is 0.204. The van der Waals surface area contributed by atoms with E-state index in [1.165, 1.54) is 53.9 Å². The molecule has 0 spiro atoms. The van der Waals surface area contributed by atoms with Gasteiger partial charge in [-0.15, -0.1) is 0 Å². The van der Waals surface area contributed by atoms with E-state index >= 15 is 0 Å². The van der Waals surface area contributed by atoms with E-state index in [0.717, 1.165) is 11.4 Å². The predicted molar refractivity (Wildman–Crippen MR) is 135 cm³/mol. The van der Waals surface area contributed by atoms with E-state index < -0.39 is 0 Å². The van der Waals surface area contributed by atoms with Crippen molar-refractivity contribution in [2.24, 2.45) is 0 Å². The summed E-state index contributed by atoms with van der Waals surface area (Å²) in [5.74, 6) is 0.758. The first-order chi connectivity index (χ1) is 15.9. The van der Waals surface area contributed by atoms with Gasteiger partial charge in [0, 0.05) is 18.0 Å². The Morgan fingerprint density at radius 1 is 0.406 bits per heavy atom. The van der Waals surface area contributed by atoms with Gasteiger partial charge in [-0.05, 0) is 78.1 Å². The number of rotatable bonds is 1. The Bertz CT molecular complexity index is 1820. The first-order valence-corrected chi connectivity index (χ1v) is 10.8. The lowest BCUT2D eigenvalue weighted by atomic mass is 9.88. The molecule has 1 aromatic heterocycles. The second-order valence-electron chi connectivity index (χ2n) is 8.26. The highest BCUT2D eigenvalue weighted by atomic mass is 14.8. The zero-order valence-corrected chi connectivity index (χ0v) is 17.3. The molecule has 7 rings (SSSR count). The van der Waals surface area contributed by atoms with Gasteiger partial charge >= 0.3 is 0 Å². The van der Waals surface area contributed by atoms with Gasteiger partial charge in [-0.2, -0.15) is 0 Å². The van der Waals surface area contributed by atoms with Crippen molar-refractivity contribution in [2.75, 3.05) is 0 Å². The van der Waals surface area contributed by atoms with Crippen molar-refractivity contribution in [3.8, 4) is 11.4 Å². The van der Waals surface area contributed by atoms with Gasteiger partial charge in [0.1, 0.15) is 0 Å². The molecule has 0 saturated heterocycles. The molecule has 0 aliphatic carbocycles. The summed E-state index contributed by atoms with van der Waals surface area (Å²) in [4.78, 5) is 9.16. The van der Waals surface area contributed by atoms with Crippen LogP contribution in [-0.4, -0.2) is 9.97 Å². The number of nitrogens with zero attached hydrogens (tertiary/aromatic N) is 2. The van der Waals surface area contributed by atoms with Gasteiger partial charge in [0.25, 0.3) is 0 Å². The third-order valence-corrected chi connectivity index (χ3v) is 6.51. The van der Waals surface area contributed by atoms with E-state index in [1.54, 1.807) is 0 Å². The largest absolute Gasteiger partial charge is 0.237 e. The summed E-state index contributed by atoms with van der Waals surface area (Å²) in [6.07, 6.45) is 3.62. The summed E-state index contributed by atoms with van der Waals surface area (Å²) in [5, 5.41) is 12.6. The van der Waals surface area contributed by atoms with Crippen molar-refractivity contribution in [2.45, 2.75) is 0 Å². The predicted octanol–water partition coefficient (Wildman–Crippen LogP) is 7.91. The summed E-state index contributed by atoms with van der Waals surface area (Å²) in [6.45, 7) is 0. The van der Waals surface area contributed by atoms with E-state index in [1.807, 2.05) is 18.5 Å². The van der Waals surface area contributed by atoms with E-state index in [-0.39, 0.29) is 0 Å². The lowest BCUT2D eigenvalue weighted by Gasteiger charge is -2.16. The van der Waals surface area contributed by atoms with Crippen molar-refractivity contribution in [1.29, 1.82) is 0 Å². The second-order valence-corrected chi connectivity index (χ2v) is 8.26. The topological polar surface area (TPSA) is 25.8 Å². The monoisotopic (exact) mass is 406 g/mol. The van der Waals surface area contributed by atoms with Crippen LogP contribution < -0.4 is 0 Å². The van der Waals surface area contributed by atoms with E-state index in [9.17, 15) is 0 Å². The normalized spacial score (nSPS) is 11.8. The number of hydrogen-bond acceptors (Lipinski definition) is 2. The molecule has 1 heterocycles. The molecular weight excluding hydrogens is 388 g/mol. The maximum Gasteiger partial charge on any atom is 0.159 e. The van der Waals surface area contributed by atoms with Gasteiger partial charge in [0.15, 0.2) is 5.82 Å². The smallest absolute Gasteiger partial charge is 0.159 e. The van der Waals surface area contributed by atoms with Gasteiger partial charge in [-0.25, -0.2) is 9.97 Å². The highest BCUT2D eigenvalue weighted by molar-refractivity contribution is 6.34. The lowest BCUT2D eigenvalue weighted by Crippen LogP contribution is -1.92. The first kappa shape index (κ1) is 17.4. The van der Waals surface area contributed by atoms with Crippen molar-refractivity contribution in [1.82, 2.24) is 9.97 Å². The Hall–Kier alpha value is -4.30. The lowest BCUT2D eigenvalue weighted by molar-refractivity contribution is 1.18. The molecule has 0 radical (unpaired) electrons. The van der Waals surface area contributed by atoms with Crippen LogP contribution in [0, 0.1) is 0 Å². The average molecular weight is 406 g/mol. The van der Waals surface area contributed by atoms with Crippen LogP contribution in [0.5, 0.6) is 0 Å². The van der Waals surface area contributed by atoms with Crippen LogP contribution >= 0.6 is 0 Å². The minimum atomic E-state index is 0.758. The SMILES string of the molecule is c1cnc(-c2cc3c4ccccc4c4cc5ccccc5cc4c3c3ccccc23)nc1. The third-order valence-electron chi connectivity index (χ3n) is 6.51. The zero-order valence-electron chi connectivity index (χ0n) is 17.3. The number of benzene rings is 6. The molecule has 0 amide bonds. The van der Waals surface area contributed by atoms with Crippen LogP contribution in [0.2, 0.25) is 0 Å². The molecule has 6 aromatic carbocycles. The Morgan fingerprint density at radius 2 is 0.938 bits per heavy atom. The molecule has 0 saturated carbocycles. The summed E-state index contributed by atoms with van der Waals surface area (Å²) >= 11 is 0. The van der Waals surface area contributed by atoms with Gasteiger partial charge < -0.3 is 0 Å². The summed E-state index contributed by atoms with van der Waals surface area (Å²) in [6, 6.07) is 34.8. The van der Waals surface area contributed by atoms with Crippen LogP contribution in [0.1, 0.15) is 0 Å². The van der Waals surface area contributed by atoms with Crippen LogP contribution in [0.25, 0.3) is 65.3 Å². The molecule has 2 heteroatoms. The first-order valence-electron chi connectivity index (χ1n) is 10.8. The summed E-state index contributed by atoms with van der Waals surface area (Å²) < 4.78 is 0. The van der Waals surface area contributed by atoms with Crippen molar-refractivity contribution in [3.63, 3.8) is 0 Å². The summed E-state index contributed by atoms with van der Waals surface area (Å²) in [7, 11) is 0. The molecule has 148 valence electrons. The number of fused-ring (bicyclic) bond motifs is 9. The number of aromatic nitrogens is 2. The minimum Gasteiger partial charge on any atom is -0.237 e. The maximum absolute atomic E-state index is 4.58. The van der Waals surface area contributed by atoms with Gasteiger partial charge in [-0.3, -0.25) is 0 Å². The van der Waals surface area contributed by atoms with Crippen LogP contribution in [-0.2, 0) is 0 Å². The molecule has 0 aliphatic rings. The Labute approximate surface area is 184 Å². The Balaban J connectivity index is 1.80. The highest BCUT2D eigenvalue weighted by Crippen LogP contribution is 2.43. The molecule has 2 nitrogen and oxygen atoms in total. The Kier molecular flexibility index (Phi) is 3.58. The standard InChI is InChI=1S/C30H18N2/c1-2-9-20-17-26-25(16-19(20)8-1)21-10-3-4-11-22(21)27-18-28(30-31-14-7-15-32-30)23-12-5-6-13-24(23)29(26)27/h1-18H. The van der Waals surface area contributed by atoms with Crippen LogP contribution in [0.3, 0.4) is 0 Å². The molecular formula is C30H18N2. The molecule has 0 atom stereocenters. The number of hydrogen-bond donors (Lipinski definition) is 0. The van der Waals surface area contributed by atoms with Crippen molar-refractivity contribution in [3.05, 3.63) is 109 Å². The fourth-order valence-electron chi connectivity index (χ4n) is 5.12. The highest BCUT2D eigenvalue weighted by Gasteiger charge is 2.16. The molecule has 7 aromatic rings. The summed E-state index contributed by atoms with van der Waals surface area (Å²) in [5.41, 5.74) is 1.07. The van der Waals surface area contributed by atoms with Crippen LogP contribution in [0.4, 0.5) is 0 Å². The van der Waals surface area contributed by atoms with Crippen LogP contribution in [0.15, 0.2) is 109 Å². The Morgan fingerprint density at radius 3 is 1.66 bits per heavy atom. The minimum absolute atomic E-state index is 0.758. The molecule has 32 heavy (non-hydrogen) atoms. The molecule has 0 unspecified atom stereocenters. The second kappa shape index (κ2) is 6.60. The maximum atomic E-state index is 4.58. The third kappa shape index (κ3) is 2.41. The van der Waals surface area contributed by atoms with Gasteiger partial charge in [0.2, 0.25) is 0 Å². The van der Waals surface area contributed by atoms with E-state index in [2.05, 4.69) is 101 Å². The fraction of sp³-hybridized carbons (Fsp3) is 0. The van der Waals surface area contributed by atoms with E-state index in [4.69, 9.17) is 0 Å². The molecule has 0 bridgehead atoms. The van der Waals surface area contributed by atoms with Gasteiger partial charge in [0.05, 0.1) is 0 Å². The van der Waals surface area contributed by atoms with Gasteiger partial charge in [-0.1, -0.05) is 72.8 Å². The fourth-order valence-corrected chi connectivity index (χ4v) is 5.12. The van der Waals surface area contributed by atoms with Crippen molar-refractivity contribution >= 4 is 53.9 Å². The molecule has 0 fully saturated rings. The van der Waals surface area contributed by atoms with E-state index in [0.29, 0.717) is 0 Å². The molecule has 0 aliphatic heterocycles. The molecule has 0 N–H and O–H groups in total. The average Bonchev–Trinajstić information content (AvgIpc) is 2.87. The zero-order chi connectivity index (χ0) is 21.1.